The van der Waals surface area contributed by atoms with Crippen molar-refractivity contribution < 1.29 is 9.90 Å². The number of imidazole rings is 1. The number of rotatable bonds is 4. The van der Waals surface area contributed by atoms with E-state index in [0.29, 0.717) is 5.92 Å². The average Bonchev–Trinajstić information content (AvgIpc) is 2.93. The molecule has 3 heterocycles. The van der Waals surface area contributed by atoms with Gasteiger partial charge in [0.1, 0.15) is 0 Å². The van der Waals surface area contributed by atoms with Crippen molar-refractivity contribution in [2.75, 3.05) is 13.1 Å². The molecule has 2 aromatic heterocycles. The van der Waals surface area contributed by atoms with Gasteiger partial charge in [0.15, 0.2) is 4.96 Å². The summed E-state index contributed by atoms with van der Waals surface area (Å²) in [6, 6.07) is 0. The molecule has 0 bridgehead atoms. The van der Waals surface area contributed by atoms with Crippen LogP contribution in [0.3, 0.4) is 0 Å². The predicted molar refractivity (Wildman–Crippen MR) is 68.7 cm³/mol. The number of carboxylic acid groups (broad SMARTS) is 1. The molecule has 0 aliphatic carbocycles. The van der Waals surface area contributed by atoms with Gasteiger partial charge in [-0.15, -0.1) is 11.3 Å². The van der Waals surface area contributed by atoms with Crippen molar-refractivity contribution in [1.29, 1.82) is 0 Å². The summed E-state index contributed by atoms with van der Waals surface area (Å²) in [6.45, 7) is 2.67. The summed E-state index contributed by atoms with van der Waals surface area (Å²) in [5.74, 6) is -0.393. The Morgan fingerprint density at radius 3 is 3.28 bits per heavy atom. The Kier molecular flexibility index (Phi) is 3.05. The molecule has 0 spiro atoms. The van der Waals surface area contributed by atoms with Crippen LogP contribution in [0.15, 0.2) is 17.8 Å². The topological polar surface area (TPSA) is 57.8 Å². The Hall–Kier alpha value is -1.40. The number of likely N-dealkylation sites (tertiary alicyclic amines) is 1. The molecule has 0 aromatic carbocycles. The van der Waals surface area contributed by atoms with Gasteiger partial charge in [-0.05, 0) is 18.9 Å². The van der Waals surface area contributed by atoms with E-state index in [0.717, 1.165) is 36.7 Å². The molecule has 3 rings (SSSR count). The van der Waals surface area contributed by atoms with Crippen molar-refractivity contribution in [3.05, 3.63) is 23.5 Å². The summed E-state index contributed by atoms with van der Waals surface area (Å²) >= 11 is 1.63. The van der Waals surface area contributed by atoms with Gasteiger partial charge in [0.2, 0.25) is 0 Å². The van der Waals surface area contributed by atoms with Crippen LogP contribution >= 0.6 is 11.3 Å². The van der Waals surface area contributed by atoms with Crippen molar-refractivity contribution in [2.45, 2.75) is 19.4 Å². The molecule has 96 valence electrons. The Morgan fingerprint density at radius 2 is 2.50 bits per heavy atom. The van der Waals surface area contributed by atoms with Crippen LogP contribution in [-0.2, 0) is 11.3 Å². The van der Waals surface area contributed by atoms with Crippen LogP contribution < -0.4 is 0 Å². The van der Waals surface area contributed by atoms with Crippen LogP contribution in [0.1, 0.15) is 18.5 Å². The van der Waals surface area contributed by atoms with Gasteiger partial charge in [0.25, 0.3) is 0 Å². The van der Waals surface area contributed by atoms with Crippen LogP contribution in [-0.4, -0.2) is 38.4 Å². The van der Waals surface area contributed by atoms with Crippen molar-refractivity contribution >= 4 is 22.3 Å². The number of carboxylic acids is 1. The normalized spacial score (nSPS) is 20.8. The Bertz CT molecular complexity index is 534. The average molecular weight is 265 g/mol. The van der Waals surface area contributed by atoms with Crippen LogP contribution in [0.5, 0.6) is 0 Å². The van der Waals surface area contributed by atoms with E-state index in [4.69, 9.17) is 5.11 Å². The summed E-state index contributed by atoms with van der Waals surface area (Å²) in [4.78, 5) is 18.5. The zero-order valence-electron chi connectivity index (χ0n) is 9.95. The first-order valence-corrected chi connectivity index (χ1v) is 6.94. The number of hydrogen-bond donors (Lipinski definition) is 1. The van der Waals surface area contributed by atoms with Gasteiger partial charge < -0.3 is 5.11 Å². The molecule has 1 saturated heterocycles. The van der Waals surface area contributed by atoms with E-state index in [-0.39, 0.29) is 6.42 Å². The standard InChI is InChI=1S/C12H15N3O2S/c16-11(17)5-9-1-2-14(6-9)7-10-8-15-3-4-18-12(15)13-10/h3-4,8-9H,1-2,5-7H2,(H,16,17). The first-order chi connectivity index (χ1) is 8.70. The summed E-state index contributed by atoms with van der Waals surface area (Å²) in [5, 5.41) is 10.8. The lowest BCUT2D eigenvalue weighted by Crippen LogP contribution is -2.21. The van der Waals surface area contributed by atoms with Crippen LogP contribution in [0, 0.1) is 5.92 Å². The van der Waals surface area contributed by atoms with Gasteiger partial charge in [-0.2, -0.15) is 0 Å². The van der Waals surface area contributed by atoms with E-state index in [1.165, 1.54) is 0 Å². The minimum absolute atomic E-state index is 0.286. The molecule has 1 aliphatic rings. The second-order valence-electron chi connectivity index (χ2n) is 4.81. The number of aliphatic carboxylic acids is 1. The first-order valence-electron chi connectivity index (χ1n) is 6.06. The Balaban J connectivity index is 1.60. The molecule has 1 N–H and O–H groups in total. The molecule has 0 saturated carbocycles. The molecule has 6 heteroatoms. The molecular formula is C12H15N3O2S. The lowest BCUT2D eigenvalue weighted by molar-refractivity contribution is -0.138. The lowest BCUT2D eigenvalue weighted by Gasteiger charge is -2.13. The smallest absolute Gasteiger partial charge is 0.303 e. The second-order valence-corrected chi connectivity index (χ2v) is 5.69. The van der Waals surface area contributed by atoms with E-state index in [9.17, 15) is 4.79 Å². The zero-order valence-corrected chi connectivity index (χ0v) is 10.8. The van der Waals surface area contributed by atoms with Gasteiger partial charge in [-0.3, -0.25) is 14.1 Å². The highest BCUT2D eigenvalue weighted by Gasteiger charge is 2.24. The quantitative estimate of drug-likeness (QED) is 0.914. The number of fused-ring (bicyclic) bond motifs is 1. The Labute approximate surface area is 109 Å². The van der Waals surface area contributed by atoms with Crippen molar-refractivity contribution in [3.8, 4) is 0 Å². The van der Waals surface area contributed by atoms with E-state index in [1.807, 2.05) is 16.0 Å². The molecule has 1 fully saturated rings. The number of carbonyl (C=O) groups is 1. The third-order valence-corrected chi connectivity index (χ3v) is 4.13. The Morgan fingerprint density at radius 1 is 1.61 bits per heavy atom. The third kappa shape index (κ3) is 2.39. The van der Waals surface area contributed by atoms with E-state index in [2.05, 4.69) is 16.1 Å². The number of hydrogen-bond acceptors (Lipinski definition) is 4. The van der Waals surface area contributed by atoms with E-state index < -0.39 is 5.97 Å². The molecular weight excluding hydrogens is 250 g/mol. The maximum absolute atomic E-state index is 10.7. The fraction of sp³-hybridized carbons (Fsp3) is 0.500. The fourth-order valence-electron chi connectivity index (χ4n) is 2.55. The highest BCUT2D eigenvalue weighted by molar-refractivity contribution is 7.15. The molecule has 0 radical (unpaired) electrons. The summed E-state index contributed by atoms with van der Waals surface area (Å²) in [5.41, 5.74) is 1.07. The van der Waals surface area contributed by atoms with Crippen molar-refractivity contribution in [2.24, 2.45) is 5.92 Å². The molecule has 1 unspecified atom stereocenters. The highest BCUT2D eigenvalue weighted by atomic mass is 32.1. The van der Waals surface area contributed by atoms with Crippen LogP contribution in [0.4, 0.5) is 0 Å². The van der Waals surface area contributed by atoms with Crippen LogP contribution in [0.2, 0.25) is 0 Å². The van der Waals surface area contributed by atoms with Gasteiger partial charge in [-0.1, -0.05) is 0 Å². The summed E-state index contributed by atoms with van der Waals surface area (Å²) in [7, 11) is 0. The second kappa shape index (κ2) is 4.70. The van der Waals surface area contributed by atoms with E-state index >= 15 is 0 Å². The molecule has 1 atom stereocenters. The lowest BCUT2D eigenvalue weighted by atomic mass is 10.1. The maximum Gasteiger partial charge on any atom is 0.303 e. The molecule has 2 aromatic rings. The number of nitrogens with zero attached hydrogens (tertiary/aromatic N) is 3. The van der Waals surface area contributed by atoms with Gasteiger partial charge >= 0.3 is 5.97 Å². The van der Waals surface area contributed by atoms with Crippen LogP contribution in [0.25, 0.3) is 4.96 Å². The van der Waals surface area contributed by atoms with Crippen molar-refractivity contribution in [3.63, 3.8) is 0 Å². The minimum atomic E-state index is -0.690. The molecule has 5 nitrogen and oxygen atoms in total. The van der Waals surface area contributed by atoms with Gasteiger partial charge in [0, 0.05) is 37.3 Å². The SMILES string of the molecule is O=C(O)CC1CCN(Cc2cn3ccsc3n2)C1. The van der Waals surface area contributed by atoms with Crippen molar-refractivity contribution in [1.82, 2.24) is 14.3 Å². The first kappa shape index (κ1) is 11.7. The summed E-state index contributed by atoms with van der Waals surface area (Å²) < 4.78 is 2.03. The largest absolute Gasteiger partial charge is 0.481 e. The molecule has 1 aliphatic heterocycles. The number of aromatic nitrogens is 2. The molecule has 18 heavy (non-hydrogen) atoms. The number of thiazole rings is 1. The van der Waals surface area contributed by atoms with E-state index in [1.54, 1.807) is 11.3 Å². The van der Waals surface area contributed by atoms with Gasteiger partial charge in [0.05, 0.1) is 5.69 Å². The maximum atomic E-state index is 10.7. The predicted octanol–water partition coefficient (Wildman–Crippen LogP) is 1.69. The third-order valence-electron chi connectivity index (χ3n) is 3.36. The molecule has 0 amide bonds. The van der Waals surface area contributed by atoms with Gasteiger partial charge in [-0.25, -0.2) is 4.98 Å². The minimum Gasteiger partial charge on any atom is -0.481 e. The summed E-state index contributed by atoms with van der Waals surface area (Å²) in [6.07, 6.45) is 5.33. The highest BCUT2D eigenvalue weighted by Crippen LogP contribution is 2.21. The monoisotopic (exact) mass is 265 g/mol. The fourth-order valence-corrected chi connectivity index (χ4v) is 3.27. The zero-order chi connectivity index (χ0) is 12.5.